The van der Waals surface area contributed by atoms with Crippen LogP contribution in [0.3, 0.4) is 0 Å². The fourth-order valence-electron chi connectivity index (χ4n) is 3.43. The van der Waals surface area contributed by atoms with Crippen LogP contribution in [0.25, 0.3) is 0 Å². The second kappa shape index (κ2) is 9.14. The average molecular weight is 373 g/mol. The monoisotopic (exact) mass is 372 g/mol. The summed E-state index contributed by atoms with van der Waals surface area (Å²) in [5.74, 6) is 0.120. The van der Waals surface area contributed by atoms with Gasteiger partial charge in [-0.3, -0.25) is 9.69 Å². The van der Waals surface area contributed by atoms with E-state index in [2.05, 4.69) is 39.2 Å². The van der Waals surface area contributed by atoms with Gasteiger partial charge in [-0.2, -0.15) is 0 Å². The van der Waals surface area contributed by atoms with Crippen LogP contribution >= 0.6 is 11.3 Å². The minimum absolute atomic E-state index is 0.0905. The maximum atomic E-state index is 12.8. The number of hydrogen-bond acceptors (Lipinski definition) is 5. The van der Waals surface area contributed by atoms with Crippen LogP contribution in [0, 0.1) is 0 Å². The summed E-state index contributed by atoms with van der Waals surface area (Å²) >= 11 is 1.67. The van der Waals surface area contributed by atoms with Crippen molar-refractivity contribution in [3.63, 3.8) is 0 Å². The van der Waals surface area contributed by atoms with Crippen molar-refractivity contribution in [2.75, 3.05) is 31.1 Å². The van der Waals surface area contributed by atoms with E-state index in [1.54, 1.807) is 11.3 Å². The summed E-state index contributed by atoms with van der Waals surface area (Å²) in [6, 6.07) is 10.2. The van der Waals surface area contributed by atoms with E-state index in [1.807, 2.05) is 36.7 Å². The Morgan fingerprint density at radius 1 is 1.23 bits per heavy atom. The predicted octanol–water partition coefficient (Wildman–Crippen LogP) is 3.31. The summed E-state index contributed by atoms with van der Waals surface area (Å²) in [7, 11) is 0. The minimum Gasteiger partial charge on any atom is -0.348 e. The first-order valence-electron chi connectivity index (χ1n) is 9.43. The highest BCUT2D eigenvalue weighted by atomic mass is 32.1. The lowest BCUT2D eigenvalue weighted by atomic mass is 10.0. The zero-order valence-electron chi connectivity index (χ0n) is 15.6. The molecule has 0 spiro atoms. The number of amides is 1. The normalized spacial score (nSPS) is 17.7. The molecule has 26 heavy (non-hydrogen) atoms. The number of thiazole rings is 1. The first-order valence-corrected chi connectivity index (χ1v) is 10.3. The van der Waals surface area contributed by atoms with E-state index in [1.165, 1.54) is 5.56 Å². The molecule has 1 N–H and O–H groups in total. The number of aromatic nitrogens is 1. The summed E-state index contributed by atoms with van der Waals surface area (Å²) in [5, 5.41) is 6.35. The molecular formula is C20H28N4OS. The highest BCUT2D eigenvalue weighted by Gasteiger charge is 2.27. The number of piperazine rings is 1. The number of carbonyl (C=O) groups is 1. The van der Waals surface area contributed by atoms with Gasteiger partial charge in [-0.15, -0.1) is 11.3 Å². The average Bonchev–Trinajstić information content (AvgIpc) is 3.22. The van der Waals surface area contributed by atoms with E-state index >= 15 is 0 Å². The van der Waals surface area contributed by atoms with Crippen LogP contribution in [-0.4, -0.2) is 48.0 Å². The molecule has 1 aliphatic rings. The molecule has 0 aliphatic carbocycles. The smallest absolute Gasteiger partial charge is 0.237 e. The molecule has 6 heteroatoms. The molecular weight excluding hydrogens is 344 g/mol. The number of benzene rings is 1. The lowest BCUT2D eigenvalue weighted by Crippen LogP contribution is -2.54. The zero-order valence-corrected chi connectivity index (χ0v) is 16.4. The van der Waals surface area contributed by atoms with Crippen molar-refractivity contribution in [1.82, 2.24) is 15.2 Å². The van der Waals surface area contributed by atoms with E-state index in [-0.39, 0.29) is 18.0 Å². The molecule has 1 saturated heterocycles. The summed E-state index contributed by atoms with van der Waals surface area (Å²) in [6.45, 7) is 7.78. The highest BCUT2D eigenvalue weighted by Crippen LogP contribution is 2.21. The van der Waals surface area contributed by atoms with Gasteiger partial charge in [0.05, 0.1) is 12.1 Å². The van der Waals surface area contributed by atoms with Gasteiger partial charge in [-0.05, 0) is 18.9 Å². The fraction of sp³-hybridized carbons (Fsp3) is 0.500. The maximum Gasteiger partial charge on any atom is 0.237 e. The zero-order chi connectivity index (χ0) is 18.4. The third-order valence-electron chi connectivity index (χ3n) is 5.03. The van der Waals surface area contributed by atoms with Crippen molar-refractivity contribution < 1.29 is 4.79 Å². The second-order valence-corrected chi connectivity index (χ2v) is 7.65. The maximum absolute atomic E-state index is 12.8. The van der Waals surface area contributed by atoms with Crippen molar-refractivity contribution >= 4 is 22.4 Å². The second-order valence-electron chi connectivity index (χ2n) is 6.77. The molecule has 140 valence electrons. The van der Waals surface area contributed by atoms with Crippen LogP contribution in [0.4, 0.5) is 5.13 Å². The van der Waals surface area contributed by atoms with Gasteiger partial charge >= 0.3 is 0 Å². The van der Waals surface area contributed by atoms with Crippen LogP contribution in [0.1, 0.15) is 38.3 Å². The van der Waals surface area contributed by atoms with Crippen LogP contribution in [-0.2, 0) is 4.79 Å². The molecule has 5 nitrogen and oxygen atoms in total. The molecule has 2 aromatic rings. The van der Waals surface area contributed by atoms with Crippen LogP contribution in [0.2, 0.25) is 0 Å². The van der Waals surface area contributed by atoms with E-state index in [9.17, 15) is 4.79 Å². The van der Waals surface area contributed by atoms with Gasteiger partial charge in [0.1, 0.15) is 0 Å². The lowest BCUT2D eigenvalue weighted by Gasteiger charge is -2.37. The predicted molar refractivity (Wildman–Crippen MR) is 108 cm³/mol. The van der Waals surface area contributed by atoms with Crippen LogP contribution in [0.5, 0.6) is 0 Å². The van der Waals surface area contributed by atoms with Crippen molar-refractivity contribution in [1.29, 1.82) is 0 Å². The topological polar surface area (TPSA) is 48.5 Å². The number of nitrogens with one attached hydrogen (secondary N) is 1. The standard InChI is InChI=1S/C20H28N4OS/c1-3-7-18(17-8-5-4-6-9-17)22-19(25)16(2)23-11-13-24(14-12-23)20-21-10-15-26-20/h4-6,8-10,15-16,18H,3,7,11-14H2,1-2H3,(H,22,25). The SMILES string of the molecule is CCCC(NC(=O)C(C)N1CCN(c2nccs2)CC1)c1ccccc1. The third kappa shape index (κ3) is 4.62. The molecule has 3 rings (SSSR count). The van der Waals surface area contributed by atoms with Crippen LogP contribution in [0.15, 0.2) is 41.9 Å². The molecule has 0 saturated carbocycles. The van der Waals surface area contributed by atoms with Crippen molar-refractivity contribution in [3.8, 4) is 0 Å². The largest absolute Gasteiger partial charge is 0.348 e. The van der Waals surface area contributed by atoms with Gasteiger partial charge in [0.2, 0.25) is 5.91 Å². The molecule has 2 heterocycles. The molecule has 0 bridgehead atoms. The Hall–Kier alpha value is -1.92. The van der Waals surface area contributed by atoms with E-state index < -0.39 is 0 Å². The molecule has 2 atom stereocenters. The van der Waals surface area contributed by atoms with Gasteiger partial charge in [0.15, 0.2) is 5.13 Å². The van der Waals surface area contributed by atoms with E-state index in [0.29, 0.717) is 0 Å². The molecule has 1 aromatic heterocycles. The molecule has 1 aliphatic heterocycles. The summed E-state index contributed by atoms with van der Waals surface area (Å²) < 4.78 is 0. The number of hydrogen-bond donors (Lipinski definition) is 1. The number of carbonyl (C=O) groups excluding carboxylic acids is 1. The quantitative estimate of drug-likeness (QED) is 0.810. The van der Waals surface area contributed by atoms with E-state index in [0.717, 1.165) is 44.2 Å². The van der Waals surface area contributed by atoms with Gasteiger partial charge in [-0.25, -0.2) is 4.98 Å². The Bertz CT molecular complexity index is 668. The Morgan fingerprint density at radius 3 is 2.58 bits per heavy atom. The van der Waals surface area contributed by atoms with Crippen LogP contribution < -0.4 is 10.2 Å². The number of anilines is 1. The molecule has 1 amide bonds. The molecule has 2 unspecified atom stereocenters. The Balaban J connectivity index is 1.55. The Morgan fingerprint density at radius 2 is 1.96 bits per heavy atom. The first-order chi connectivity index (χ1) is 12.7. The van der Waals surface area contributed by atoms with E-state index in [4.69, 9.17) is 0 Å². The molecule has 0 radical (unpaired) electrons. The minimum atomic E-state index is -0.114. The summed E-state index contributed by atoms with van der Waals surface area (Å²) in [5.41, 5.74) is 1.18. The third-order valence-corrected chi connectivity index (χ3v) is 5.86. The number of rotatable bonds is 7. The lowest BCUT2D eigenvalue weighted by molar-refractivity contribution is -0.126. The Kier molecular flexibility index (Phi) is 6.63. The van der Waals surface area contributed by atoms with Gasteiger partial charge < -0.3 is 10.2 Å². The summed E-state index contributed by atoms with van der Waals surface area (Å²) in [4.78, 5) is 21.8. The van der Waals surface area contributed by atoms with Gasteiger partial charge in [-0.1, -0.05) is 43.7 Å². The first kappa shape index (κ1) is 18.9. The Labute approximate surface area is 160 Å². The number of nitrogens with zero attached hydrogens (tertiary/aromatic N) is 3. The van der Waals surface area contributed by atoms with Gasteiger partial charge in [0.25, 0.3) is 0 Å². The van der Waals surface area contributed by atoms with Crippen molar-refractivity contribution in [3.05, 3.63) is 47.5 Å². The molecule has 1 aromatic carbocycles. The van der Waals surface area contributed by atoms with Gasteiger partial charge in [0, 0.05) is 37.8 Å². The molecule has 1 fully saturated rings. The highest BCUT2D eigenvalue weighted by molar-refractivity contribution is 7.13. The van der Waals surface area contributed by atoms with Crippen molar-refractivity contribution in [2.45, 2.75) is 38.8 Å². The van der Waals surface area contributed by atoms with Crippen molar-refractivity contribution in [2.24, 2.45) is 0 Å². The fourth-order valence-corrected chi connectivity index (χ4v) is 4.12. The summed E-state index contributed by atoms with van der Waals surface area (Å²) in [6.07, 6.45) is 3.85.